The van der Waals surface area contributed by atoms with Crippen molar-refractivity contribution in [3.63, 3.8) is 0 Å². The molecular formula is C32H50O3. The summed E-state index contributed by atoms with van der Waals surface area (Å²) in [5.41, 5.74) is 0. The Labute approximate surface area is 216 Å². The smallest absolute Gasteiger partial charge is 0.304 e. The fourth-order valence-corrected chi connectivity index (χ4v) is 3.86. The molecule has 0 saturated carbocycles. The zero-order valence-electron chi connectivity index (χ0n) is 22.3. The van der Waals surface area contributed by atoms with Gasteiger partial charge in [0.05, 0.1) is 0 Å². The number of carbonyl (C=O) groups is 1. The Bertz CT molecular complexity index is 659. The van der Waals surface area contributed by atoms with Crippen LogP contribution in [-0.4, -0.2) is 23.3 Å². The van der Waals surface area contributed by atoms with Gasteiger partial charge in [-0.05, 0) is 63.5 Å². The maximum atomic E-state index is 10.9. The van der Waals surface area contributed by atoms with Gasteiger partial charge in [-0.3, -0.25) is 4.79 Å². The summed E-state index contributed by atoms with van der Waals surface area (Å²) in [6.07, 6.45) is 44.0. The lowest BCUT2D eigenvalue weighted by atomic mass is 10.1. The lowest BCUT2D eigenvalue weighted by molar-refractivity contribution is -0.142. The zero-order valence-corrected chi connectivity index (χ0v) is 22.3. The van der Waals surface area contributed by atoms with Crippen molar-refractivity contribution in [2.24, 2.45) is 0 Å². The molecule has 0 heterocycles. The van der Waals surface area contributed by atoms with Gasteiger partial charge in [0.2, 0.25) is 0 Å². The minimum absolute atomic E-state index is 0.341. The molecule has 0 aromatic heterocycles. The summed E-state index contributed by atoms with van der Waals surface area (Å²) in [6, 6.07) is 0. The van der Waals surface area contributed by atoms with Gasteiger partial charge >= 0.3 is 5.97 Å². The highest BCUT2D eigenvalue weighted by Gasteiger charge is 2.02. The molecular weight excluding hydrogens is 432 g/mol. The van der Waals surface area contributed by atoms with Gasteiger partial charge in [0.1, 0.15) is 6.10 Å². The SMILES string of the molecule is C#C[C@H](/C=C/CCCCCCCCC/C=C/CCCCCCCCC/C=C/[C@@H](O)C#C)OC(C)=O. The fraction of sp³-hybridized carbons (Fsp3) is 0.656. The third-order valence-corrected chi connectivity index (χ3v) is 5.91. The van der Waals surface area contributed by atoms with Crippen LogP contribution in [-0.2, 0) is 9.53 Å². The van der Waals surface area contributed by atoms with Crippen molar-refractivity contribution in [2.45, 2.75) is 135 Å². The summed E-state index contributed by atoms with van der Waals surface area (Å²) < 4.78 is 4.98. The highest BCUT2D eigenvalue weighted by Crippen LogP contribution is 2.12. The molecule has 0 bridgehead atoms. The van der Waals surface area contributed by atoms with Crippen LogP contribution in [0.5, 0.6) is 0 Å². The minimum Gasteiger partial charge on any atom is -0.445 e. The van der Waals surface area contributed by atoms with E-state index in [4.69, 9.17) is 17.6 Å². The van der Waals surface area contributed by atoms with E-state index in [1.807, 2.05) is 12.2 Å². The van der Waals surface area contributed by atoms with Gasteiger partial charge in [0, 0.05) is 6.92 Å². The Hall–Kier alpha value is -2.23. The van der Waals surface area contributed by atoms with Crippen LogP contribution < -0.4 is 0 Å². The van der Waals surface area contributed by atoms with Gasteiger partial charge in [-0.25, -0.2) is 0 Å². The van der Waals surface area contributed by atoms with E-state index < -0.39 is 12.2 Å². The monoisotopic (exact) mass is 482 g/mol. The third kappa shape index (κ3) is 26.2. The number of ether oxygens (including phenoxy) is 1. The van der Waals surface area contributed by atoms with E-state index >= 15 is 0 Å². The fourth-order valence-electron chi connectivity index (χ4n) is 3.86. The van der Waals surface area contributed by atoms with Crippen molar-refractivity contribution < 1.29 is 14.6 Å². The van der Waals surface area contributed by atoms with E-state index in [2.05, 4.69) is 24.0 Å². The molecule has 0 unspecified atom stereocenters. The number of hydrogen-bond acceptors (Lipinski definition) is 3. The summed E-state index contributed by atoms with van der Waals surface area (Å²) in [7, 11) is 0. The summed E-state index contributed by atoms with van der Waals surface area (Å²) in [5.74, 6) is 4.40. The second-order valence-electron chi connectivity index (χ2n) is 9.24. The summed E-state index contributed by atoms with van der Waals surface area (Å²) >= 11 is 0. The van der Waals surface area contributed by atoms with E-state index in [-0.39, 0.29) is 5.97 Å². The average molecular weight is 483 g/mol. The Morgan fingerprint density at radius 1 is 0.657 bits per heavy atom. The molecule has 0 aromatic carbocycles. The molecule has 2 atom stereocenters. The van der Waals surface area contributed by atoms with Crippen molar-refractivity contribution in [3.8, 4) is 24.7 Å². The van der Waals surface area contributed by atoms with Gasteiger partial charge in [-0.1, -0.05) is 100 Å². The number of terminal acetylenes is 2. The maximum absolute atomic E-state index is 10.9. The van der Waals surface area contributed by atoms with E-state index in [1.54, 1.807) is 12.2 Å². The molecule has 1 N–H and O–H groups in total. The second-order valence-corrected chi connectivity index (χ2v) is 9.24. The highest BCUT2D eigenvalue weighted by atomic mass is 16.5. The van der Waals surface area contributed by atoms with E-state index in [0.717, 1.165) is 19.3 Å². The number of unbranched alkanes of at least 4 members (excludes halogenated alkanes) is 16. The average Bonchev–Trinajstić information content (AvgIpc) is 2.85. The molecule has 0 rings (SSSR count). The third-order valence-electron chi connectivity index (χ3n) is 5.91. The standard InChI is InChI=1S/C32H50O3/c1-4-31(34)28-26-24-22-20-18-16-14-12-10-8-6-7-9-11-13-15-17-19-21-23-25-27-29-32(5-2)35-30(3)33/h1-2,6-7,26-29,31-32,34H,8-25H2,3H3/b7-6+,28-26+,29-27+/t31-,32+/m0/s1. The quantitative estimate of drug-likeness (QED) is 0.0690. The van der Waals surface area contributed by atoms with Crippen LogP contribution in [0.2, 0.25) is 0 Å². The molecule has 0 aromatic rings. The van der Waals surface area contributed by atoms with Crippen LogP contribution in [0.1, 0.15) is 122 Å². The van der Waals surface area contributed by atoms with Gasteiger partial charge in [0.25, 0.3) is 0 Å². The molecule has 0 aliphatic carbocycles. The largest absolute Gasteiger partial charge is 0.445 e. The summed E-state index contributed by atoms with van der Waals surface area (Å²) in [6.45, 7) is 1.38. The van der Waals surface area contributed by atoms with E-state index in [0.29, 0.717) is 0 Å². The Balaban J connectivity index is 3.31. The first-order valence-electron chi connectivity index (χ1n) is 13.9. The molecule has 35 heavy (non-hydrogen) atoms. The second kappa shape index (κ2) is 26.4. The lowest BCUT2D eigenvalue weighted by Crippen LogP contribution is -2.10. The zero-order chi connectivity index (χ0) is 25.8. The highest BCUT2D eigenvalue weighted by molar-refractivity contribution is 5.66. The number of allylic oxidation sites excluding steroid dienone is 4. The molecule has 196 valence electrons. The van der Waals surface area contributed by atoms with Crippen molar-refractivity contribution in [3.05, 3.63) is 36.5 Å². The van der Waals surface area contributed by atoms with Crippen LogP contribution in [0.4, 0.5) is 0 Å². The van der Waals surface area contributed by atoms with Gasteiger partial charge in [-0.15, -0.1) is 12.8 Å². The number of carbonyl (C=O) groups excluding carboxylic acids is 1. The number of rotatable bonds is 23. The lowest BCUT2D eigenvalue weighted by Gasteiger charge is -2.05. The molecule has 0 amide bonds. The van der Waals surface area contributed by atoms with Crippen molar-refractivity contribution in [1.29, 1.82) is 0 Å². The summed E-state index contributed by atoms with van der Waals surface area (Å²) in [5, 5.41) is 9.22. The van der Waals surface area contributed by atoms with E-state index in [1.165, 1.54) is 103 Å². The maximum Gasteiger partial charge on any atom is 0.304 e. The number of aliphatic hydroxyl groups excluding tert-OH is 1. The molecule has 0 aliphatic rings. The Kier molecular flexibility index (Phi) is 24.7. The summed E-state index contributed by atoms with van der Waals surface area (Å²) in [4.78, 5) is 10.9. The number of hydrogen-bond donors (Lipinski definition) is 1. The molecule has 3 nitrogen and oxygen atoms in total. The van der Waals surface area contributed by atoms with Gasteiger partial charge in [-0.2, -0.15) is 0 Å². The minimum atomic E-state index is -0.726. The van der Waals surface area contributed by atoms with Crippen molar-refractivity contribution in [2.75, 3.05) is 0 Å². The molecule has 0 fully saturated rings. The van der Waals surface area contributed by atoms with Crippen molar-refractivity contribution in [1.82, 2.24) is 0 Å². The number of esters is 1. The first kappa shape index (κ1) is 32.8. The van der Waals surface area contributed by atoms with Crippen LogP contribution in [0.15, 0.2) is 36.5 Å². The van der Waals surface area contributed by atoms with Crippen LogP contribution >= 0.6 is 0 Å². The van der Waals surface area contributed by atoms with Gasteiger partial charge < -0.3 is 9.84 Å². The molecule has 0 aliphatic heterocycles. The predicted octanol–water partition coefficient (Wildman–Crippen LogP) is 8.24. The first-order chi connectivity index (χ1) is 17.1. The normalized spacial score (nSPS) is 13.3. The molecule has 0 saturated heterocycles. The molecule has 3 heteroatoms. The molecule has 0 radical (unpaired) electrons. The Morgan fingerprint density at radius 3 is 1.40 bits per heavy atom. The van der Waals surface area contributed by atoms with Crippen LogP contribution in [0.25, 0.3) is 0 Å². The predicted molar refractivity (Wildman–Crippen MR) is 150 cm³/mol. The van der Waals surface area contributed by atoms with Gasteiger partial charge in [0.15, 0.2) is 6.10 Å². The van der Waals surface area contributed by atoms with Crippen molar-refractivity contribution >= 4 is 5.97 Å². The van der Waals surface area contributed by atoms with Crippen LogP contribution in [0, 0.1) is 24.7 Å². The molecule has 0 spiro atoms. The van der Waals surface area contributed by atoms with E-state index in [9.17, 15) is 9.90 Å². The number of aliphatic hydroxyl groups is 1. The topological polar surface area (TPSA) is 46.5 Å². The van der Waals surface area contributed by atoms with Crippen LogP contribution in [0.3, 0.4) is 0 Å². The Morgan fingerprint density at radius 2 is 1.03 bits per heavy atom. The first-order valence-corrected chi connectivity index (χ1v) is 13.9.